The quantitative estimate of drug-likeness (QED) is 0.666. The largest absolute Gasteiger partial charge is 0.299 e. The summed E-state index contributed by atoms with van der Waals surface area (Å²) in [5, 5.41) is 0. The summed E-state index contributed by atoms with van der Waals surface area (Å²) >= 11 is 0. The Bertz CT molecular complexity index is 291. The van der Waals surface area contributed by atoms with Crippen LogP contribution in [-0.2, 0) is 4.79 Å². The Labute approximate surface area is 119 Å². The van der Waals surface area contributed by atoms with Gasteiger partial charge >= 0.3 is 0 Å². The van der Waals surface area contributed by atoms with Gasteiger partial charge in [-0.05, 0) is 31.1 Å². The van der Waals surface area contributed by atoms with Crippen molar-refractivity contribution >= 4 is 5.78 Å². The number of carbonyl (C=O) groups excluding carboxylic acids is 1. The van der Waals surface area contributed by atoms with Crippen LogP contribution in [0.4, 0.5) is 0 Å². The van der Waals surface area contributed by atoms with Gasteiger partial charge in [-0.15, -0.1) is 0 Å². The predicted octanol–water partition coefficient (Wildman–Crippen LogP) is 5.38. The molecule has 2 fully saturated rings. The number of Topliss-reactive ketones (excluding diaryl/α,β-unsaturated/α-hetero) is 1. The van der Waals surface area contributed by atoms with Crippen molar-refractivity contribution in [3.8, 4) is 0 Å². The second-order valence-electron chi connectivity index (χ2n) is 7.69. The molecule has 2 saturated carbocycles. The highest BCUT2D eigenvalue weighted by Crippen LogP contribution is 2.46. The fourth-order valence-electron chi connectivity index (χ4n) is 4.48. The van der Waals surface area contributed by atoms with Crippen molar-refractivity contribution in [2.45, 2.75) is 85.0 Å². The van der Waals surface area contributed by atoms with E-state index in [4.69, 9.17) is 0 Å². The molecule has 2 aliphatic carbocycles. The van der Waals surface area contributed by atoms with E-state index in [1.807, 2.05) is 0 Å². The van der Waals surface area contributed by atoms with E-state index in [1.54, 1.807) is 0 Å². The first-order valence-corrected chi connectivity index (χ1v) is 8.58. The summed E-state index contributed by atoms with van der Waals surface area (Å²) in [4.78, 5) is 12.8. The van der Waals surface area contributed by atoms with Crippen LogP contribution in [0.15, 0.2) is 0 Å². The SMILES string of the molecule is CC1CCC(CC2(C(=O)C(C)C)CCCCC2)CC1. The summed E-state index contributed by atoms with van der Waals surface area (Å²) in [7, 11) is 0. The summed E-state index contributed by atoms with van der Waals surface area (Å²) in [5.74, 6) is 2.54. The molecule has 0 aromatic heterocycles. The Morgan fingerprint density at radius 2 is 1.63 bits per heavy atom. The van der Waals surface area contributed by atoms with E-state index < -0.39 is 0 Å². The number of hydrogen-bond donors (Lipinski definition) is 0. The maximum atomic E-state index is 12.8. The van der Waals surface area contributed by atoms with Gasteiger partial charge in [0, 0.05) is 11.3 Å². The van der Waals surface area contributed by atoms with E-state index in [1.165, 1.54) is 64.2 Å². The lowest BCUT2D eigenvalue weighted by molar-refractivity contribution is -0.135. The van der Waals surface area contributed by atoms with Crippen molar-refractivity contribution in [3.63, 3.8) is 0 Å². The third-order valence-corrected chi connectivity index (χ3v) is 5.67. The van der Waals surface area contributed by atoms with Gasteiger partial charge in [0.15, 0.2) is 0 Å². The molecule has 0 bridgehead atoms. The molecule has 0 radical (unpaired) electrons. The lowest BCUT2D eigenvalue weighted by atomic mass is 9.62. The highest BCUT2D eigenvalue weighted by atomic mass is 16.1. The molecule has 0 saturated heterocycles. The maximum Gasteiger partial charge on any atom is 0.141 e. The van der Waals surface area contributed by atoms with Gasteiger partial charge in [-0.3, -0.25) is 4.79 Å². The van der Waals surface area contributed by atoms with Crippen molar-refractivity contribution in [2.75, 3.05) is 0 Å². The van der Waals surface area contributed by atoms with Crippen LogP contribution in [0.5, 0.6) is 0 Å². The second kappa shape index (κ2) is 6.41. The number of carbonyl (C=O) groups is 1. The first-order chi connectivity index (χ1) is 9.03. The molecule has 0 N–H and O–H groups in total. The lowest BCUT2D eigenvalue weighted by Gasteiger charge is -2.41. The summed E-state index contributed by atoms with van der Waals surface area (Å²) in [6.07, 6.45) is 13.0. The highest BCUT2D eigenvalue weighted by molar-refractivity contribution is 5.86. The Morgan fingerprint density at radius 3 is 2.16 bits per heavy atom. The third kappa shape index (κ3) is 3.61. The van der Waals surface area contributed by atoms with Crippen molar-refractivity contribution in [3.05, 3.63) is 0 Å². The summed E-state index contributed by atoms with van der Waals surface area (Å²) in [6, 6.07) is 0. The molecule has 2 rings (SSSR count). The van der Waals surface area contributed by atoms with Crippen LogP contribution in [0.1, 0.15) is 85.0 Å². The molecular weight excluding hydrogens is 232 g/mol. The molecule has 1 heteroatoms. The van der Waals surface area contributed by atoms with Crippen molar-refractivity contribution in [1.29, 1.82) is 0 Å². The van der Waals surface area contributed by atoms with Crippen LogP contribution in [0.2, 0.25) is 0 Å². The Morgan fingerprint density at radius 1 is 1.05 bits per heavy atom. The summed E-state index contributed by atoms with van der Waals surface area (Å²) < 4.78 is 0. The molecule has 0 heterocycles. The van der Waals surface area contributed by atoms with Gasteiger partial charge < -0.3 is 0 Å². The van der Waals surface area contributed by atoms with Crippen LogP contribution in [0, 0.1) is 23.2 Å². The number of rotatable bonds is 4. The van der Waals surface area contributed by atoms with Crippen LogP contribution >= 0.6 is 0 Å². The molecule has 0 aromatic rings. The Kier molecular flexibility index (Phi) is 5.09. The van der Waals surface area contributed by atoms with E-state index in [0.29, 0.717) is 5.78 Å². The summed E-state index contributed by atoms with van der Waals surface area (Å²) in [6.45, 7) is 6.58. The number of ketones is 1. The molecule has 0 atom stereocenters. The molecule has 0 aromatic carbocycles. The molecule has 19 heavy (non-hydrogen) atoms. The molecule has 0 unspecified atom stereocenters. The van der Waals surface area contributed by atoms with Gasteiger partial charge in [-0.2, -0.15) is 0 Å². The molecule has 0 aliphatic heterocycles. The fraction of sp³-hybridized carbons (Fsp3) is 0.944. The predicted molar refractivity (Wildman–Crippen MR) is 81.1 cm³/mol. The zero-order valence-corrected chi connectivity index (χ0v) is 13.2. The van der Waals surface area contributed by atoms with Gasteiger partial charge in [0.1, 0.15) is 5.78 Å². The van der Waals surface area contributed by atoms with E-state index in [-0.39, 0.29) is 11.3 Å². The van der Waals surface area contributed by atoms with E-state index in [0.717, 1.165) is 11.8 Å². The van der Waals surface area contributed by atoms with Gasteiger partial charge in [0.25, 0.3) is 0 Å². The van der Waals surface area contributed by atoms with Gasteiger partial charge in [0.05, 0.1) is 0 Å². The minimum Gasteiger partial charge on any atom is -0.299 e. The summed E-state index contributed by atoms with van der Waals surface area (Å²) in [5.41, 5.74) is 0.0671. The van der Waals surface area contributed by atoms with Crippen LogP contribution in [-0.4, -0.2) is 5.78 Å². The molecule has 1 nitrogen and oxygen atoms in total. The highest BCUT2D eigenvalue weighted by Gasteiger charge is 2.41. The van der Waals surface area contributed by atoms with E-state index in [9.17, 15) is 4.79 Å². The Hall–Kier alpha value is -0.330. The third-order valence-electron chi connectivity index (χ3n) is 5.67. The average Bonchev–Trinajstić information content (AvgIpc) is 2.41. The Balaban J connectivity index is 2.03. The second-order valence-corrected chi connectivity index (χ2v) is 7.69. The van der Waals surface area contributed by atoms with Gasteiger partial charge in [-0.1, -0.05) is 65.7 Å². The standard InChI is InChI=1S/C18H32O/c1-14(2)17(19)18(11-5-4-6-12-18)13-16-9-7-15(3)8-10-16/h14-16H,4-13H2,1-3H3. The van der Waals surface area contributed by atoms with Crippen LogP contribution in [0.25, 0.3) is 0 Å². The monoisotopic (exact) mass is 264 g/mol. The first kappa shape index (κ1) is 15.1. The molecule has 2 aliphatic rings. The van der Waals surface area contributed by atoms with Crippen molar-refractivity contribution in [1.82, 2.24) is 0 Å². The average molecular weight is 264 g/mol. The smallest absolute Gasteiger partial charge is 0.141 e. The van der Waals surface area contributed by atoms with E-state index >= 15 is 0 Å². The van der Waals surface area contributed by atoms with Crippen LogP contribution in [0.3, 0.4) is 0 Å². The molecule has 0 amide bonds. The van der Waals surface area contributed by atoms with Crippen molar-refractivity contribution in [2.24, 2.45) is 23.2 Å². The lowest BCUT2D eigenvalue weighted by Crippen LogP contribution is -2.38. The zero-order chi connectivity index (χ0) is 13.9. The van der Waals surface area contributed by atoms with Crippen LogP contribution < -0.4 is 0 Å². The fourth-order valence-corrected chi connectivity index (χ4v) is 4.48. The zero-order valence-electron chi connectivity index (χ0n) is 13.2. The minimum absolute atomic E-state index is 0.0671. The van der Waals surface area contributed by atoms with Crippen molar-refractivity contribution < 1.29 is 4.79 Å². The topological polar surface area (TPSA) is 17.1 Å². The maximum absolute atomic E-state index is 12.8. The molecule has 110 valence electrons. The van der Waals surface area contributed by atoms with Gasteiger partial charge in [0.2, 0.25) is 0 Å². The first-order valence-electron chi connectivity index (χ1n) is 8.58. The number of hydrogen-bond acceptors (Lipinski definition) is 1. The minimum atomic E-state index is 0.0671. The normalized spacial score (nSPS) is 31.4. The van der Waals surface area contributed by atoms with Gasteiger partial charge in [-0.25, -0.2) is 0 Å². The molecule has 0 spiro atoms. The molecular formula is C18H32O. The van der Waals surface area contributed by atoms with E-state index in [2.05, 4.69) is 20.8 Å².